The van der Waals surface area contributed by atoms with Crippen molar-refractivity contribution in [3.63, 3.8) is 0 Å². The van der Waals surface area contributed by atoms with Gasteiger partial charge in [0.2, 0.25) is 0 Å². The van der Waals surface area contributed by atoms with Crippen molar-refractivity contribution in [3.05, 3.63) is 0 Å². The van der Waals surface area contributed by atoms with Crippen LogP contribution in [0.5, 0.6) is 0 Å². The van der Waals surface area contributed by atoms with Crippen molar-refractivity contribution >= 4 is 0 Å². The van der Waals surface area contributed by atoms with Gasteiger partial charge in [0.15, 0.2) is 0 Å². The zero-order valence-electron chi connectivity index (χ0n) is 11.3. The van der Waals surface area contributed by atoms with E-state index in [1.165, 1.54) is 25.8 Å². The van der Waals surface area contributed by atoms with Gasteiger partial charge in [-0.2, -0.15) is 0 Å². The van der Waals surface area contributed by atoms with Crippen molar-refractivity contribution in [2.45, 2.75) is 53.0 Å². The van der Waals surface area contributed by atoms with E-state index in [1.54, 1.807) is 0 Å². The minimum atomic E-state index is 0.679. The highest BCUT2D eigenvalue weighted by Gasteiger charge is 2.10. The van der Waals surface area contributed by atoms with E-state index in [0.717, 1.165) is 12.5 Å². The Labute approximate surface area is 96.2 Å². The van der Waals surface area contributed by atoms with Crippen molar-refractivity contribution in [1.82, 2.24) is 4.90 Å². The summed E-state index contributed by atoms with van der Waals surface area (Å²) in [5, 5.41) is 0. The van der Waals surface area contributed by atoms with E-state index in [-0.39, 0.29) is 0 Å². The lowest BCUT2D eigenvalue weighted by atomic mass is 10.0. The summed E-state index contributed by atoms with van der Waals surface area (Å²) in [6.07, 6.45) is 3.83. The minimum absolute atomic E-state index is 0.679. The van der Waals surface area contributed by atoms with Gasteiger partial charge >= 0.3 is 0 Å². The maximum absolute atomic E-state index is 5.60. The van der Waals surface area contributed by atoms with Crippen LogP contribution in [0.25, 0.3) is 0 Å². The first kappa shape index (κ1) is 14.9. The monoisotopic (exact) mass is 214 g/mol. The molecule has 0 fully saturated rings. The summed E-state index contributed by atoms with van der Waals surface area (Å²) >= 11 is 0. The third kappa shape index (κ3) is 7.80. The summed E-state index contributed by atoms with van der Waals surface area (Å²) in [6.45, 7) is 11.2. The molecule has 2 nitrogen and oxygen atoms in total. The van der Waals surface area contributed by atoms with Crippen LogP contribution in [-0.2, 0) is 0 Å². The molecule has 2 atom stereocenters. The van der Waals surface area contributed by atoms with E-state index in [9.17, 15) is 0 Å². The van der Waals surface area contributed by atoms with Gasteiger partial charge < -0.3 is 10.6 Å². The Morgan fingerprint density at radius 3 is 2.20 bits per heavy atom. The molecule has 2 unspecified atom stereocenters. The van der Waals surface area contributed by atoms with Crippen LogP contribution >= 0.6 is 0 Å². The van der Waals surface area contributed by atoms with Crippen LogP contribution in [0, 0.1) is 11.8 Å². The quantitative estimate of drug-likeness (QED) is 0.673. The Kier molecular flexibility index (Phi) is 8.07. The van der Waals surface area contributed by atoms with Crippen molar-refractivity contribution in [3.8, 4) is 0 Å². The molecule has 2 heteroatoms. The second-order valence-electron chi connectivity index (χ2n) is 5.44. The second kappa shape index (κ2) is 8.12. The standard InChI is InChI=1S/C13H30N2/c1-11(2)9-13(4)15(5)8-6-7-12(3)10-14/h11-13H,6-10,14H2,1-5H3. The lowest BCUT2D eigenvalue weighted by Gasteiger charge is -2.26. The molecule has 15 heavy (non-hydrogen) atoms. The zero-order chi connectivity index (χ0) is 11.8. The SMILES string of the molecule is CC(C)CC(C)N(C)CCCC(C)CN. The van der Waals surface area contributed by atoms with Gasteiger partial charge in [0.25, 0.3) is 0 Å². The minimum Gasteiger partial charge on any atom is -0.330 e. The van der Waals surface area contributed by atoms with Gasteiger partial charge in [-0.05, 0) is 58.2 Å². The molecule has 0 saturated heterocycles. The van der Waals surface area contributed by atoms with Crippen LogP contribution < -0.4 is 5.73 Å². The zero-order valence-corrected chi connectivity index (χ0v) is 11.3. The average Bonchev–Trinajstić information content (AvgIpc) is 2.16. The second-order valence-corrected chi connectivity index (χ2v) is 5.44. The van der Waals surface area contributed by atoms with Crippen LogP contribution in [0.2, 0.25) is 0 Å². The molecule has 0 heterocycles. The highest BCUT2D eigenvalue weighted by Crippen LogP contribution is 2.11. The maximum Gasteiger partial charge on any atom is 0.00663 e. The number of hydrogen-bond donors (Lipinski definition) is 1. The Morgan fingerprint density at radius 1 is 1.13 bits per heavy atom. The number of hydrogen-bond acceptors (Lipinski definition) is 2. The maximum atomic E-state index is 5.60. The Balaban J connectivity index is 3.59. The fourth-order valence-corrected chi connectivity index (χ4v) is 1.89. The summed E-state index contributed by atoms with van der Waals surface area (Å²) in [6, 6.07) is 0.707. The average molecular weight is 214 g/mol. The van der Waals surface area contributed by atoms with Gasteiger partial charge in [0, 0.05) is 6.04 Å². The van der Waals surface area contributed by atoms with Gasteiger partial charge in [-0.1, -0.05) is 20.8 Å². The van der Waals surface area contributed by atoms with Crippen molar-refractivity contribution in [1.29, 1.82) is 0 Å². The van der Waals surface area contributed by atoms with E-state index >= 15 is 0 Å². The molecule has 0 radical (unpaired) electrons. The summed E-state index contributed by atoms with van der Waals surface area (Å²) in [5.74, 6) is 1.48. The number of nitrogens with two attached hydrogens (primary N) is 1. The molecule has 0 aliphatic heterocycles. The summed E-state index contributed by atoms with van der Waals surface area (Å²) in [7, 11) is 2.24. The van der Waals surface area contributed by atoms with Gasteiger partial charge in [-0.25, -0.2) is 0 Å². The first-order valence-corrected chi connectivity index (χ1v) is 6.37. The Bertz CT molecular complexity index is 145. The molecule has 0 spiro atoms. The van der Waals surface area contributed by atoms with Crippen molar-refractivity contribution < 1.29 is 0 Å². The molecular weight excluding hydrogens is 184 g/mol. The number of nitrogens with zero attached hydrogens (tertiary/aromatic N) is 1. The molecule has 0 saturated carbocycles. The van der Waals surface area contributed by atoms with E-state index in [1.807, 2.05) is 0 Å². The Hall–Kier alpha value is -0.0800. The van der Waals surface area contributed by atoms with Gasteiger partial charge in [-0.3, -0.25) is 0 Å². The summed E-state index contributed by atoms with van der Waals surface area (Å²) in [5.41, 5.74) is 5.60. The van der Waals surface area contributed by atoms with Gasteiger partial charge in [-0.15, -0.1) is 0 Å². The molecule has 92 valence electrons. The predicted molar refractivity (Wildman–Crippen MR) is 69.0 cm³/mol. The van der Waals surface area contributed by atoms with E-state index in [0.29, 0.717) is 12.0 Å². The van der Waals surface area contributed by atoms with Crippen LogP contribution in [0.3, 0.4) is 0 Å². The normalized spacial score (nSPS) is 16.0. The molecule has 0 amide bonds. The summed E-state index contributed by atoms with van der Waals surface area (Å²) in [4.78, 5) is 2.48. The Morgan fingerprint density at radius 2 is 1.73 bits per heavy atom. The van der Waals surface area contributed by atoms with Crippen molar-refractivity contribution in [2.24, 2.45) is 17.6 Å². The summed E-state index contributed by atoms with van der Waals surface area (Å²) < 4.78 is 0. The highest BCUT2D eigenvalue weighted by atomic mass is 15.1. The van der Waals surface area contributed by atoms with E-state index in [4.69, 9.17) is 5.73 Å². The van der Waals surface area contributed by atoms with Crippen molar-refractivity contribution in [2.75, 3.05) is 20.1 Å². The molecular formula is C13H30N2. The molecule has 2 N–H and O–H groups in total. The van der Waals surface area contributed by atoms with Crippen LogP contribution in [0.4, 0.5) is 0 Å². The van der Waals surface area contributed by atoms with E-state index in [2.05, 4.69) is 39.6 Å². The van der Waals surface area contributed by atoms with Gasteiger partial charge in [0.1, 0.15) is 0 Å². The molecule has 0 aromatic rings. The smallest absolute Gasteiger partial charge is 0.00663 e. The van der Waals surface area contributed by atoms with Crippen LogP contribution in [0.1, 0.15) is 47.0 Å². The lowest BCUT2D eigenvalue weighted by Crippen LogP contribution is -2.31. The van der Waals surface area contributed by atoms with E-state index < -0.39 is 0 Å². The lowest BCUT2D eigenvalue weighted by molar-refractivity contribution is 0.221. The molecule has 0 aromatic heterocycles. The van der Waals surface area contributed by atoms with Crippen LogP contribution in [0.15, 0.2) is 0 Å². The highest BCUT2D eigenvalue weighted by molar-refractivity contribution is 4.66. The molecule has 0 aliphatic rings. The van der Waals surface area contributed by atoms with Gasteiger partial charge in [0.05, 0.1) is 0 Å². The first-order valence-electron chi connectivity index (χ1n) is 6.37. The van der Waals surface area contributed by atoms with Crippen LogP contribution in [-0.4, -0.2) is 31.1 Å². The fourth-order valence-electron chi connectivity index (χ4n) is 1.89. The third-order valence-corrected chi connectivity index (χ3v) is 3.18. The molecule has 0 bridgehead atoms. The number of rotatable bonds is 8. The molecule has 0 rings (SSSR count). The molecule has 0 aromatic carbocycles. The fraction of sp³-hybridized carbons (Fsp3) is 1.00. The molecule has 0 aliphatic carbocycles. The predicted octanol–water partition coefficient (Wildman–Crippen LogP) is 2.73. The first-order chi connectivity index (χ1) is 6.97. The topological polar surface area (TPSA) is 29.3 Å². The third-order valence-electron chi connectivity index (χ3n) is 3.18. The largest absolute Gasteiger partial charge is 0.330 e.